The average Bonchev–Trinajstić information content (AvgIpc) is 3.87. The zero-order valence-electron chi connectivity index (χ0n) is 30.4. The van der Waals surface area contributed by atoms with Gasteiger partial charge in [-0.2, -0.15) is 5.26 Å². The summed E-state index contributed by atoms with van der Waals surface area (Å²) in [6.07, 6.45) is 6.11. The molecule has 0 bridgehead atoms. The lowest BCUT2D eigenvalue weighted by Crippen LogP contribution is -2.47. The fourth-order valence-electron chi connectivity index (χ4n) is 5.16. The maximum Gasteiger partial charge on any atom is 0.267 e. The lowest BCUT2D eigenvalue weighted by atomic mass is 9.81. The van der Waals surface area contributed by atoms with Gasteiger partial charge in [-0.25, -0.2) is 18.3 Å². The number of aliphatic hydroxyl groups is 1. The molecule has 3 heterocycles. The molecule has 13 nitrogen and oxygen atoms in total. The molecule has 0 spiro atoms. The summed E-state index contributed by atoms with van der Waals surface area (Å²) in [4.78, 5) is 25.4. The lowest BCUT2D eigenvalue weighted by Gasteiger charge is -2.36. The van der Waals surface area contributed by atoms with Gasteiger partial charge in [0.15, 0.2) is 6.23 Å². The highest BCUT2D eigenvalue weighted by Gasteiger charge is 2.46. The van der Waals surface area contributed by atoms with E-state index in [4.69, 9.17) is 14.7 Å². The molecule has 3 unspecified atom stereocenters. The first-order chi connectivity index (χ1) is 25.5. The summed E-state index contributed by atoms with van der Waals surface area (Å²) in [5, 5.41) is 32.9. The van der Waals surface area contributed by atoms with Gasteiger partial charge in [-0.15, -0.1) is 16.4 Å². The molecule has 5 rings (SSSR count). The number of nitrogens with one attached hydrogen (secondary N) is 2. The molecule has 4 aromatic rings. The Hall–Kier alpha value is -5.05. The molecule has 4 atom stereocenters. The van der Waals surface area contributed by atoms with E-state index in [0.717, 1.165) is 47.7 Å². The number of hydrogen-bond acceptors (Lipinski definition) is 11. The molecule has 16 heteroatoms. The van der Waals surface area contributed by atoms with Crippen molar-refractivity contribution in [2.75, 3.05) is 39.8 Å². The Kier molecular flexibility index (Phi) is 16.7. The fourth-order valence-corrected chi connectivity index (χ4v) is 6.30. The predicted octanol–water partition coefficient (Wildman–Crippen LogP) is 3.90. The van der Waals surface area contributed by atoms with E-state index in [1.165, 1.54) is 21.3 Å². The Morgan fingerprint density at radius 1 is 1.21 bits per heavy atom. The van der Waals surface area contributed by atoms with Crippen molar-refractivity contribution in [3.63, 3.8) is 0 Å². The van der Waals surface area contributed by atoms with Crippen LogP contribution in [-0.2, 0) is 37.8 Å². The predicted molar refractivity (Wildman–Crippen MR) is 197 cm³/mol. The molecule has 0 saturated carbocycles. The minimum Gasteiger partial charge on any atom is -0.381 e. The van der Waals surface area contributed by atoms with Crippen LogP contribution < -0.4 is 20.1 Å². The molecular weight excluding hydrogens is 707 g/mol. The number of likely N-dealkylation sites (N-methyl/N-ethyl adjacent to an activating group) is 1. The number of anilines is 1. The molecule has 2 aromatic heterocycles. The van der Waals surface area contributed by atoms with E-state index in [9.17, 15) is 23.5 Å². The van der Waals surface area contributed by atoms with Gasteiger partial charge < -0.3 is 34.9 Å². The van der Waals surface area contributed by atoms with E-state index in [1.807, 2.05) is 36.6 Å². The minimum atomic E-state index is -1.80. The van der Waals surface area contributed by atoms with Crippen LogP contribution in [0, 0.1) is 28.9 Å². The third-order valence-corrected chi connectivity index (χ3v) is 9.46. The zero-order valence-corrected chi connectivity index (χ0v) is 31.3. The second-order valence-electron chi connectivity index (χ2n) is 11.8. The number of benzene rings is 2. The summed E-state index contributed by atoms with van der Waals surface area (Å²) in [7, 11) is 6.57. The number of pyridine rings is 1. The van der Waals surface area contributed by atoms with Crippen molar-refractivity contribution < 1.29 is 37.5 Å². The van der Waals surface area contributed by atoms with Crippen LogP contribution >= 0.6 is 11.8 Å². The fraction of sp³-hybridized carbons (Fsp3) is 0.351. The summed E-state index contributed by atoms with van der Waals surface area (Å²) in [5.74, 6) is -1.28. The van der Waals surface area contributed by atoms with Crippen molar-refractivity contribution in [1.82, 2.24) is 25.4 Å². The number of rotatable bonds is 14. The van der Waals surface area contributed by atoms with E-state index < -0.39 is 23.2 Å². The quantitative estimate of drug-likeness (QED) is 0.127. The van der Waals surface area contributed by atoms with E-state index >= 15 is 0 Å². The molecule has 0 saturated heterocycles. The van der Waals surface area contributed by atoms with Crippen LogP contribution in [0.2, 0.25) is 0 Å². The van der Waals surface area contributed by atoms with Crippen molar-refractivity contribution in [2.45, 2.75) is 44.2 Å². The molecule has 1 aliphatic rings. The molecule has 1 amide bonds. The standard InChI is InChI=1S/C25H26F2N5O2S.C9H12N2O2.C3H7NO/c1-16(24-30-23(12-35-24)19-6-4-18(11-28)5-7-19)25(33,21-10-20(26)8-9-22(21)27)13-32-15-31(14-29-32)17(2)34-3;1-11(7-12)9-8(6-13-2)4-3-5-10-9;1-4-2-3-5/h4-10,12,14-17,24,30,33H,13H2,1-3H3;3-5,7H,6H2,1-2H3;3-4H,2H2,1H3/q+1;;/t16?,17?,24?,25-;;/m1../s1. The first-order valence-electron chi connectivity index (χ1n) is 16.4. The number of aldehydes is 1. The third-order valence-electron chi connectivity index (χ3n) is 8.27. The normalized spacial score (nSPS) is 15.5. The van der Waals surface area contributed by atoms with Gasteiger partial charge in [0, 0.05) is 55.3 Å². The number of hydrogen-bond donors (Lipinski definition) is 3. The van der Waals surface area contributed by atoms with Crippen LogP contribution in [0.15, 0.2) is 78.9 Å². The second kappa shape index (κ2) is 20.9. The van der Waals surface area contributed by atoms with Crippen LogP contribution in [0.1, 0.15) is 42.3 Å². The highest BCUT2D eigenvalue weighted by atomic mass is 32.2. The molecule has 2 aromatic carbocycles. The van der Waals surface area contributed by atoms with Gasteiger partial charge >= 0.3 is 0 Å². The second-order valence-corrected chi connectivity index (χ2v) is 12.9. The maximum absolute atomic E-state index is 15.0. The van der Waals surface area contributed by atoms with Gasteiger partial charge in [-0.3, -0.25) is 4.79 Å². The van der Waals surface area contributed by atoms with Crippen molar-refractivity contribution in [2.24, 2.45) is 5.92 Å². The summed E-state index contributed by atoms with van der Waals surface area (Å²) in [6, 6.07) is 16.0. The van der Waals surface area contributed by atoms with E-state index in [-0.39, 0.29) is 23.7 Å². The van der Waals surface area contributed by atoms with E-state index in [0.29, 0.717) is 24.5 Å². The lowest BCUT2D eigenvalue weighted by molar-refractivity contribution is -0.757. The summed E-state index contributed by atoms with van der Waals surface area (Å²) in [5.41, 5.74) is 1.23. The smallest absolute Gasteiger partial charge is 0.267 e. The number of nitriles is 1. The van der Waals surface area contributed by atoms with Crippen LogP contribution in [0.25, 0.3) is 5.70 Å². The van der Waals surface area contributed by atoms with Crippen molar-refractivity contribution in [1.29, 1.82) is 5.26 Å². The summed E-state index contributed by atoms with van der Waals surface area (Å²) >= 11 is 1.45. The molecule has 0 radical (unpaired) electrons. The van der Waals surface area contributed by atoms with Crippen LogP contribution in [0.5, 0.6) is 0 Å². The Morgan fingerprint density at radius 3 is 2.55 bits per heavy atom. The summed E-state index contributed by atoms with van der Waals surface area (Å²) in [6.45, 7) is 4.44. The number of amides is 1. The number of carbonyl (C=O) groups excluding carboxylic acids is 2. The van der Waals surface area contributed by atoms with Crippen LogP contribution in [0.4, 0.5) is 14.6 Å². The topological polar surface area (TPSA) is 159 Å². The van der Waals surface area contributed by atoms with E-state index in [2.05, 4.69) is 26.8 Å². The maximum atomic E-state index is 15.0. The molecule has 3 N–H and O–H groups in total. The third kappa shape index (κ3) is 11.5. The van der Waals surface area contributed by atoms with Crippen molar-refractivity contribution in [3.8, 4) is 6.07 Å². The molecule has 1 aliphatic heterocycles. The molecular formula is C37H45F2N8O5S+. The Balaban J connectivity index is 0.000000346. The number of halogens is 2. The van der Waals surface area contributed by atoms with Gasteiger partial charge in [0.1, 0.15) is 35.9 Å². The Morgan fingerprint density at radius 2 is 1.94 bits per heavy atom. The van der Waals surface area contributed by atoms with E-state index in [1.54, 1.807) is 70.8 Å². The highest BCUT2D eigenvalue weighted by molar-refractivity contribution is 8.03. The number of carbonyl (C=O) groups is 2. The number of nitrogens with zero attached hydrogens (tertiary/aromatic N) is 6. The summed E-state index contributed by atoms with van der Waals surface area (Å²) < 4.78 is 42.6. The van der Waals surface area contributed by atoms with Crippen molar-refractivity contribution in [3.05, 3.63) is 113 Å². The SMILES string of the molecule is CNCC=O.COC(C)[n+]1cnn(C[C@](O)(c2cc(F)ccc2F)C(C)C2NC(c3ccc(C#N)cc3)=CS2)c1.COCc1cccnc1N(C)C=O. The van der Waals surface area contributed by atoms with Crippen LogP contribution in [0.3, 0.4) is 0 Å². The van der Waals surface area contributed by atoms with Gasteiger partial charge in [-0.1, -0.05) is 25.1 Å². The highest BCUT2D eigenvalue weighted by Crippen LogP contribution is 2.42. The number of methoxy groups -OCH3 is 2. The molecule has 0 fully saturated rings. The van der Waals surface area contributed by atoms with Crippen LogP contribution in [-0.4, -0.2) is 72.8 Å². The average molecular weight is 752 g/mol. The van der Waals surface area contributed by atoms with Gasteiger partial charge in [0.25, 0.3) is 6.33 Å². The minimum absolute atomic E-state index is 0.108. The Labute approximate surface area is 312 Å². The number of thioether (sulfide) groups is 1. The largest absolute Gasteiger partial charge is 0.381 e. The molecule has 282 valence electrons. The number of aromatic nitrogens is 4. The Bertz CT molecular complexity index is 1860. The molecule has 53 heavy (non-hydrogen) atoms. The van der Waals surface area contributed by atoms with Gasteiger partial charge in [0.2, 0.25) is 12.7 Å². The zero-order chi connectivity index (χ0) is 39.0. The van der Waals surface area contributed by atoms with Gasteiger partial charge in [0.05, 0.1) is 30.2 Å². The first-order valence-corrected chi connectivity index (χ1v) is 17.4. The molecule has 0 aliphatic carbocycles. The van der Waals surface area contributed by atoms with Crippen molar-refractivity contribution >= 4 is 36.0 Å². The first kappa shape index (κ1) is 42.4. The monoisotopic (exact) mass is 751 g/mol. The van der Waals surface area contributed by atoms with Gasteiger partial charge in [-0.05, 0) is 61.3 Å². The number of ether oxygens (including phenoxy) is 2.